The van der Waals surface area contributed by atoms with Gasteiger partial charge in [-0.1, -0.05) is 77.6 Å². The molecule has 3 rings (SSSR count). The van der Waals surface area contributed by atoms with Gasteiger partial charge in [0.25, 0.3) is 10.0 Å². The van der Waals surface area contributed by atoms with Crippen molar-refractivity contribution in [2.24, 2.45) is 0 Å². The van der Waals surface area contributed by atoms with Gasteiger partial charge in [-0.15, -0.1) is 0 Å². The fourth-order valence-electron chi connectivity index (χ4n) is 3.81. The van der Waals surface area contributed by atoms with Gasteiger partial charge in [0.05, 0.1) is 10.6 Å². The van der Waals surface area contributed by atoms with E-state index in [0.717, 1.165) is 4.31 Å². The van der Waals surface area contributed by atoms with Crippen LogP contribution in [0.2, 0.25) is 20.1 Å². The molecule has 214 valence electrons. The number of nitrogens with zero attached hydrogens (tertiary/aromatic N) is 2. The second-order valence-corrected chi connectivity index (χ2v) is 12.8. The van der Waals surface area contributed by atoms with Gasteiger partial charge in [-0.3, -0.25) is 13.9 Å². The van der Waals surface area contributed by atoms with Gasteiger partial charge in [0.2, 0.25) is 11.8 Å². The highest BCUT2D eigenvalue weighted by Gasteiger charge is 2.33. The lowest BCUT2D eigenvalue weighted by molar-refractivity contribution is -0.139. The van der Waals surface area contributed by atoms with Crippen molar-refractivity contribution in [3.05, 3.63) is 92.4 Å². The number of rotatable bonds is 11. The fraction of sp³-hybridized carbons (Fsp3) is 0.286. The van der Waals surface area contributed by atoms with Gasteiger partial charge in [-0.25, -0.2) is 8.42 Å². The largest absolute Gasteiger partial charge is 0.352 e. The number of halogens is 4. The third kappa shape index (κ3) is 8.04. The van der Waals surface area contributed by atoms with E-state index in [2.05, 4.69) is 5.32 Å². The Kier molecular flexibility index (Phi) is 11.1. The van der Waals surface area contributed by atoms with Crippen LogP contribution in [0.15, 0.2) is 71.6 Å². The number of hydrogen-bond acceptors (Lipinski definition) is 4. The van der Waals surface area contributed by atoms with E-state index in [-0.39, 0.29) is 33.2 Å². The third-order valence-corrected chi connectivity index (χ3v) is 9.08. The Morgan fingerprint density at radius 1 is 0.875 bits per heavy atom. The van der Waals surface area contributed by atoms with E-state index < -0.39 is 34.4 Å². The van der Waals surface area contributed by atoms with E-state index in [1.165, 1.54) is 41.3 Å². The second-order valence-electron chi connectivity index (χ2n) is 9.20. The van der Waals surface area contributed by atoms with Gasteiger partial charge < -0.3 is 10.2 Å². The van der Waals surface area contributed by atoms with Crippen molar-refractivity contribution in [2.45, 2.75) is 50.7 Å². The van der Waals surface area contributed by atoms with Gasteiger partial charge >= 0.3 is 0 Å². The topological polar surface area (TPSA) is 86.8 Å². The lowest BCUT2D eigenvalue weighted by atomic mass is 10.1. The van der Waals surface area contributed by atoms with Gasteiger partial charge in [0, 0.05) is 32.7 Å². The lowest BCUT2D eigenvalue weighted by Crippen LogP contribution is -2.52. The number of hydrogen-bond donors (Lipinski definition) is 1. The van der Waals surface area contributed by atoms with Crippen LogP contribution in [0.1, 0.15) is 32.8 Å². The number of amides is 2. The standard InChI is InChI=1S/C28H29Cl4N3O4S/c1-4-18(2)33-28(37)19(3)34(16-20-10-11-21(29)15-26(20)32)27(36)17-35(24-13-22(30)12-23(31)14-24)40(38,39)25-8-6-5-7-9-25/h5-15,18-19H,4,16-17H2,1-3H3,(H,33,37)/t18-,19-/m0/s1. The van der Waals surface area contributed by atoms with Crippen LogP contribution in [0.5, 0.6) is 0 Å². The molecule has 7 nitrogen and oxygen atoms in total. The molecular formula is C28H29Cl4N3O4S. The van der Waals surface area contributed by atoms with Crippen LogP contribution >= 0.6 is 46.4 Å². The van der Waals surface area contributed by atoms with Crippen molar-refractivity contribution in [1.29, 1.82) is 0 Å². The van der Waals surface area contributed by atoms with Crippen LogP contribution in [0.25, 0.3) is 0 Å². The molecule has 1 N–H and O–H groups in total. The first-order valence-electron chi connectivity index (χ1n) is 12.4. The first kappa shape index (κ1) is 32.0. The van der Waals surface area contributed by atoms with Crippen molar-refractivity contribution < 1.29 is 18.0 Å². The number of carbonyl (C=O) groups is 2. The maximum atomic E-state index is 14.0. The summed E-state index contributed by atoms with van der Waals surface area (Å²) in [5.74, 6) is -1.04. The minimum Gasteiger partial charge on any atom is -0.352 e. The summed E-state index contributed by atoms with van der Waals surface area (Å²) in [6, 6.07) is 15.7. The second kappa shape index (κ2) is 13.9. The average Bonchev–Trinajstić information content (AvgIpc) is 2.90. The molecule has 0 saturated heterocycles. The van der Waals surface area contributed by atoms with E-state index in [1.54, 1.807) is 37.3 Å². The molecule has 0 heterocycles. The molecule has 0 radical (unpaired) electrons. The molecule has 0 fully saturated rings. The number of nitrogens with one attached hydrogen (secondary N) is 1. The Morgan fingerprint density at radius 3 is 2.08 bits per heavy atom. The van der Waals surface area contributed by atoms with Crippen molar-refractivity contribution in [1.82, 2.24) is 10.2 Å². The molecule has 0 spiro atoms. The zero-order chi connectivity index (χ0) is 29.6. The fourth-order valence-corrected chi connectivity index (χ4v) is 6.21. The third-order valence-electron chi connectivity index (χ3n) is 6.27. The molecule has 2 amide bonds. The van der Waals surface area contributed by atoms with Gasteiger partial charge in [0.1, 0.15) is 12.6 Å². The van der Waals surface area contributed by atoms with Gasteiger partial charge in [0.15, 0.2) is 0 Å². The maximum absolute atomic E-state index is 14.0. The van der Waals surface area contributed by atoms with Crippen LogP contribution in [0.3, 0.4) is 0 Å². The molecule has 0 aliphatic rings. The van der Waals surface area contributed by atoms with E-state index in [9.17, 15) is 18.0 Å². The predicted molar refractivity (Wildman–Crippen MR) is 162 cm³/mol. The van der Waals surface area contributed by atoms with Crippen molar-refractivity contribution in [3.63, 3.8) is 0 Å². The average molecular weight is 645 g/mol. The predicted octanol–water partition coefficient (Wildman–Crippen LogP) is 6.83. The normalized spacial score (nSPS) is 12.9. The quantitative estimate of drug-likeness (QED) is 0.248. The number of anilines is 1. The Balaban J connectivity index is 2.07. The highest BCUT2D eigenvalue weighted by Crippen LogP contribution is 2.30. The summed E-state index contributed by atoms with van der Waals surface area (Å²) < 4.78 is 28.5. The first-order valence-corrected chi connectivity index (χ1v) is 15.4. The van der Waals surface area contributed by atoms with Crippen LogP contribution < -0.4 is 9.62 Å². The molecule has 0 unspecified atom stereocenters. The summed E-state index contributed by atoms with van der Waals surface area (Å²) in [5, 5.41) is 3.97. The molecule has 0 bridgehead atoms. The summed E-state index contributed by atoms with van der Waals surface area (Å²) in [4.78, 5) is 28.3. The van der Waals surface area contributed by atoms with Crippen molar-refractivity contribution >= 4 is 73.9 Å². The number of carbonyl (C=O) groups excluding carboxylic acids is 2. The smallest absolute Gasteiger partial charge is 0.264 e. The summed E-state index contributed by atoms with van der Waals surface area (Å²) >= 11 is 24.9. The van der Waals surface area contributed by atoms with E-state index in [1.807, 2.05) is 13.8 Å². The Labute approximate surface area is 255 Å². The molecule has 0 aromatic heterocycles. The Bertz CT molecular complexity index is 1450. The molecule has 3 aromatic carbocycles. The van der Waals surface area contributed by atoms with Crippen molar-refractivity contribution in [2.75, 3.05) is 10.8 Å². The maximum Gasteiger partial charge on any atom is 0.264 e. The Morgan fingerprint density at radius 2 is 1.50 bits per heavy atom. The number of benzene rings is 3. The van der Waals surface area contributed by atoms with E-state index in [4.69, 9.17) is 46.4 Å². The molecular weight excluding hydrogens is 616 g/mol. The van der Waals surface area contributed by atoms with Crippen LogP contribution in [0, 0.1) is 0 Å². The van der Waals surface area contributed by atoms with Crippen LogP contribution in [0.4, 0.5) is 5.69 Å². The lowest BCUT2D eigenvalue weighted by Gasteiger charge is -2.32. The highest BCUT2D eigenvalue weighted by atomic mass is 35.5. The number of sulfonamides is 1. The summed E-state index contributed by atoms with van der Waals surface area (Å²) in [6.07, 6.45) is 0.689. The molecule has 0 saturated carbocycles. The van der Waals surface area contributed by atoms with Crippen LogP contribution in [-0.4, -0.2) is 43.8 Å². The summed E-state index contributed by atoms with van der Waals surface area (Å²) in [5.41, 5.74) is 0.627. The van der Waals surface area contributed by atoms with E-state index >= 15 is 0 Å². The monoisotopic (exact) mass is 643 g/mol. The van der Waals surface area contributed by atoms with Crippen molar-refractivity contribution in [3.8, 4) is 0 Å². The molecule has 2 atom stereocenters. The first-order chi connectivity index (χ1) is 18.8. The van der Waals surface area contributed by atoms with E-state index in [0.29, 0.717) is 22.0 Å². The molecule has 12 heteroatoms. The Hall–Kier alpha value is -2.49. The SMILES string of the molecule is CC[C@H](C)NC(=O)[C@H](C)N(Cc1ccc(Cl)cc1Cl)C(=O)CN(c1cc(Cl)cc(Cl)c1)S(=O)(=O)c1ccccc1. The highest BCUT2D eigenvalue weighted by molar-refractivity contribution is 7.92. The van der Waals surface area contributed by atoms with Crippen LogP contribution in [-0.2, 0) is 26.2 Å². The minimum absolute atomic E-state index is 0.0336. The van der Waals surface area contributed by atoms with Gasteiger partial charge in [-0.05, 0) is 68.3 Å². The molecule has 40 heavy (non-hydrogen) atoms. The zero-order valence-corrected chi connectivity index (χ0v) is 25.9. The van der Waals surface area contributed by atoms with Gasteiger partial charge in [-0.2, -0.15) is 0 Å². The zero-order valence-electron chi connectivity index (χ0n) is 22.1. The summed E-state index contributed by atoms with van der Waals surface area (Å²) in [6.45, 7) is 4.64. The summed E-state index contributed by atoms with van der Waals surface area (Å²) in [7, 11) is -4.25. The molecule has 0 aliphatic carbocycles. The minimum atomic E-state index is -4.25. The molecule has 0 aliphatic heterocycles. The molecule has 3 aromatic rings.